The van der Waals surface area contributed by atoms with Gasteiger partial charge in [-0.05, 0) is 30.5 Å². The molecule has 17 heavy (non-hydrogen) atoms. The molecule has 0 saturated heterocycles. The van der Waals surface area contributed by atoms with Crippen LogP contribution in [0.4, 0.5) is 0 Å². The van der Waals surface area contributed by atoms with E-state index >= 15 is 0 Å². The molecule has 1 aromatic carbocycles. The Morgan fingerprint density at radius 3 is 2.82 bits per heavy atom. The van der Waals surface area contributed by atoms with Crippen molar-refractivity contribution in [3.05, 3.63) is 40.4 Å². The van der Waals surface area contributed by atoms with Crippen molar-refractivity contribution in [2.45, 2.75) is 25.4 Å². The van der Waals surface area contributed by atoms with Crippen LogP contribution in [0.3, 0.4) is 0 Å². The summed E-state index contributed by atoms with van der Waals surface area (Å²) in [5, 5.41) is 4.50. The summed E-state index contributed by atoms with van der Waals surface area (Å²) in [7, 11) is 0. The summed E-state index contributed by atoms with van der Waals surface area (Å²) in [5.74, 6) is 0.642. The summed E-state index contributed by atoms with van der Waals surface area (Å²) in [4.78, 5) is 0. The van der Waals surface area contributed by atoms with E-state index in [4.69, 9.17) is 27.9 Å². The van der Waals surface area contributed by atoms with Gasteiger partial charge in [0, 0.05) is 17.6 Å². The predicted molar refractivity (Wildman–Crippen MR) is 71.8 cm³/mol. The van der Waals surface area contributed by atoms with Gasteiger partial charge in [0.15, 0.2) is 0 Å². The summed E-state index contributed by atoms with van der Waals surface area (Å²) in [5.41, 5.74) is 1.17. The van der Waals surface area contributed by atoms with Crippen LogP contribution in [-0.2, 0) is 6.54 Å². The zero-order valence-corrected chi connectivity index (χ0v) is 11.0. The van der Waals surface area contributed by atoms with Crippen LogP contribution in [0.1, 0.15) is 18.4 Å². The lowest BCUT2D eigenvalue weighted by Gasteiger charge is -2.09. The number of benzene rings is 1. The first-order valence-corrected chi connectivity index (χ1v) is 6.38. The van der Waals surface area contributed by atoms with E-state index < -0.39 is 0 Å². The van der Waals surface area contributed by atoms with Crippen molar-refractivity contribution in [2.24, 2.45) is 0 Å². The highest BCUT2D eigenvalue weighted by atomic mass is 35.5. The van der Waals surface area contributed by atoms with E-state index in [9.17, 15) is 0 Å². The van der Waals surface area contributed by atoms with Crippen molar-refractivity contribution >= 4 is 23.2 Å². The van der Waals surface area contributed by atoms with Crippen LogP contribution in [0.2, 0.25) is 5.02 Å². The average molecular weight is 272 g/mol. The van der Waals surface area contributed by atoms with Gasteiger partial charge in [-0.2, -0.15) is 0 Å². The SMILES string of the molecule is C=C(Cl)COc1ccc(CNC2CC2)cc1Cl. The number of rotatable bonds is 6. The second kappa shape index (κ2) is 5.76. The quantitative estimate of drug-likeness (QED) is 0.852. The summed E-state index contributed by atoms with van der Waals surface area (Å²) >= 11 is 11.7. The molecule has 0 unspecified atom stereocenters. The fourth-order valence-electron chi connectivity index (χ4n) is 1.48. The number of halogens is 2. The molecule has 0 aromatic heterocycles. The third-order valence-corrected chi connectivity index (χ3v) is 2.96. The largest absolute Gasteiger partial charge is 0.486 e. The molecule has 4 heteroatoms. The van der Waals surface area contributed by atoms with Crippen LogP contribution in [0.5, 0.6) is 5.75 Å². The molecule has 1 saturated carbocycles. The van der Waals surface area contributed by atoms with Crippen molar-refractivity contribution in [3.63, 3.8) is 0 Å². The number of ether oxygens (including phenoxy) is 1. The molecule has 0 bridgehead atoms. The monoisotopic (exact) mass is 271 g/mol. The van der Waals surface area contributed by atoms with Gasteiger partial charge in [0.1, 0.15) is 12.4 Å². The van der Waals surface area contributed by atoms with Crippen LogP contribution < -0.4 is 10.1 Å². The molecule has 0 heterocycles. The van der Waals surface area contributed by atoms with Crippen molar-refractivity contribution in [2.75, 3.05) is 6.61 Å². The van der Waals surface area contributed by atoms with Gasteiger partial charge in [0.25, 0.3) is 0 Å². The maximum Gasteiger partial charge on any atom is 0.138 e. The van der Waals surface area contributed by atoms with Gasteiger partial charge >= 0.3 is 0 Å². The molecule has 92 valence electrons. The second-order valence-electron chi connectivity index (χ2n) is 4.23. The van der Waals surface area contributed by atoms with E-state index in [-0.39, 0.29) is 6.61 Å². The van der Waals surface area contributed by atoms with Crippen molar-refractivity contribution in [3.8, 4) is 5.75 Å². The van der Waals surface area contributed by atoms with Crippen LogP contribution in [0, 0.1) is 0 Å². The Morgan fingerprint density at radius 1 is 1.47 bits per heavy atom. The van der Waals surface area contributed by atoms with Gasteiger partial charge in [0.2, 0.25) is 0 Å². The predicted octanol–water partition coefficient (Wildman–Crippen LogP) is 3.72. The molecular formula is C13H15Cl2NO. The first-order valence-electron chi connectivity index (χ1n) is 5.63. The summed E-state index contributed by atoms with van der Waals surface area (Å²) in [6, 6.07) is 6.49. The molecule has 1 fully saturated rings. The lowest BCUT2D eigenvalue weighted by atomic mass is 10.2. The summed E-state index contributed by atoms with van der Waals surface area (Å²) < 4.78 is 5.41. The normalized spacial score (nSPS) is 14.7. The minimum absolute atomic E-state index is 0.279. The minimum atomic E-state index is 0.279. The van der Waals surface area contributed by atoms with E-state index in [1.165, 1.54) is 18.4 Å². The van der Waals surface area contributed by atoms with Crippen molar-refractivity contribution in [1.29, 1.82) is 0 Å². The molecule has 2 rings (SSSR count). The van der Waals surface area contributed by atoms with E-state index in [1.54, 1.807) is 0 Å². The first-order chi connectivity index (χ1) is 8.15. The van der Waals surface area contributed by atoms with Gasteiger partial charge in [0.05, 0.1) is 5.02 Å². The molecule has 1 aliphatic rings. The van der Waals surface area contributed by atoms with Crippen molar-refractivity contribution in [1.82, 2.24) is 5.32 Å². The van der Waals surface area contributed by atoms with Crippen LogP contribution in [-0.4, -0.2) is 12.6 Å². The Hall–Kier alpha value is -0.700. The van der Waals surface area contributed by atoms with Crippen LogP contribution in [0.15, 0.2) is 29.8 Å². The minimum Gasteiger partial charge on any atom is -0.486 e. The third kappa shape index (κ3) is 4.23. The van der Waals surface area contributed by atoms with Gasteiger partial charge in [-0.25, -0.2) is 0 Å². The summed E-state index contributed by atoms with van der Waals surface area (Å²) in [6.45, 7) is 4.69. The third-order valence-electron chi connectivity index (χ3n) is 2.55. The molecule has 0 radical (unpaired) electrons. The average Bonchev–Trinajstić information content (AvgIpc) is 3.08. The fraction of sp³-hybridized carbons (Fsp3) is 0.385. The molecule has 0 atom stereocenters. The van der Waals surface area contributed by atoms with E-state index in [0.717, 1.165) is 6.54 Å². The Morgan fingerprint density at radius 2 is 2.24 bits per heavy atom. The lowest BCUT2D eigenvalue weighted by Crippen LogP contribution is -2.15. The Balaban J connectivity index is 1.92. The Kier molecular flexibility index (Phi) is 4.32. The van der Waals surface area contributed by atoms with Crippen LogP contribution >= 0.6 is 23.2 Å². The summed E-state index contributed by atoms with van der Waals surface area (Å²) in [6.07, 6.45) is 2.57. The van der Waals surface area contributed by atoms with Crippen LogP contribution in [0.25, 0.3) is 0 Å². The number of nitrogens with one attached hydrogen (secondary N) is 1. The van der Waals surface area contributed by atoms with Gasteiger partial charge in [-0.1, -0.05) is 35.8 Å². The van der Waals surface area contributed by atoms with E-state index in [2.05, 4.69) is 11.9 Å². The highest BCUT2D eigenvalue weighted by Gasteiger charge is 2.19. The topological polar surface area (TPSA) is 21.3 Å². The number of hydrogen-bond acceptors (Lipinski definition) is 2. The molecule has 1 N–H and O–H groups in total. The first kappa shape index (κ1) is 12.7. The Bertz CT molecular complexity index is 416. The molecule has 0 spiro atoms. The zero-order chi connectivity index (χ0) is 12.3. The molecule has 1 aromatic rings. The van der Waals surface area contributed by atoms with Gasteiger partial charge in [-0.15, -0.1) is 0 Å². The fourth-order valence-corrected chi connectivity index (χ4v) is 1.79. The second-order valence-corrected chi connectivity index (χ2v) is 5.17. The maximum absolute atomic E-state index is 6.12. The molecule has 0 amide bonds. The standard InChI is InChI=1S/C13H15Cl2NO/c1-9(14)8-17-13-5-2-10(6-12(13)15)7-16-11-3-4-11/h2,5-6,11,16H,1,3-4,7-8H2. The maximum atomic E-state index is 6.12. The van der Waals surface area contributed by atoms with Gasteiger partial charge in [-0.3, -0.25) is 0 Å². The lowest BCUT2D eigenvalue weighted by molar-refractivity contribution is 0.359. The van der Waals surface area contributed by atoms with E-state index in [1.807, 2.05) is 18.2 Å². The smallest absolute Gasteiger partial charge is 0.138 e. The molecule has 2 nitrogen and oxygen atoms in total. The van der Waals surface area contributed by atoms with Gasteiger partial charge < -0.3 is 10.1 Å². The molecule has 0 aliphatic heterocycles. The Labute approximate surface area is 112 Å². The highest BCUT2D eigenvalue weighted by Crippen LogP contribution is 2.26. The highest BCUT2D eigenvalue weighted by molar-refractivity contribution is 6.32. The van der Waals surface area contributed by atoms with E-state index in [0.29, 0.717) is 21.8 Å². The molecular weight excluding hydrogens is 257 g/mol. The molecule has 1 aliphatic carbocycles. The van der Waals surface area contributed by atoms with Crippen molar-refractivity contribution < 1.29 is 4.74 Å². The zero-order valence-electron chi connectivity index (χ0n) is 9.51. The number of hydrogen-bond donors (Lipinski definition) is 1.